The van der Waals surface area contributed by atoms with Crippen LogP contribution in [-0.2, 0) is 4.79 Å². The van der Waals surface area contributed by atoms with Gasteiger partial charge in [-0.15, -0.1) is 0 Å². The van der Waals surface area contributed by atoms with E-state index in [0.717, 1.165) is 23.7 Å². The summed E-state index contributed by atoms with van der Waals surface area (Å²) in [5, 5.41) is 9.01. The second kappa shape index (κ2) is 11.9. The Morgan fingerprint density at radius 3 is 2.61 bits per heavy atom. The number of nitrogens with one attached hydrogen (secondary N) is 2. The maximum Gasteiger partial charge on any atom is 0.328 e. The van der Waals surface area contributed by atoms with E-state index in [1.165, 1.54) is 6.08 Å². The fourth-order valence-corrected chi connectivity index (χ4v) is 3.39. The van der Waals surface area contributed by atoms with Crippen LogP contribution in [0.4, 0.5) is 11.5 Å². The molecule has 0 radical (unpaired) electrons. The van der Waals surface area contributed by atoms with E-state index in [0.29, 0.717) is 35.8 Å². The Labute approximate surface area is 208 Å². The second-order valence-electron chi connectivity index (χ2n) is 8.04. The maximum atomic E-state index is 12.3. The molecule has 7 N–H and O–H groups in total. The molecule has 0 atom stereocenters. The first-order valence-electron chi connectivity index (χ1n) is 11.2. The van der Waals surface area contributed by atoms with Crippen LogP contribution in [0.5, 0.6) is 11.5 Å². The van der Waals surface area contributed by atoms with Gasteiger partial charge in [-0.25, -0.2) is 15.6 Å². The zero-order valence-electron chi connectivity index (χ0n) is 20.4. The summed E-state index contributed by atoms with van der Waals surface area (Å²) in [6, 6.07) is 10.8. The van der Waals surface area contributed by atoms with E-state index in [4.69, 9.17) is 26.2 Å². The van der Waals surface area contributed by atoms with Crippen LogP contribution >= 0.6 is 0 Å². The van der Waals surface area contributed by atoms with Crippen LogP contribution in [0, 0.1) is 0 Å². The summed E-state index contributed by atoms with van der Waals surface area (Å²) in [6.45, 7) is 3.39. The largest absolute Gasteiger partial charge is 0.493 e. The number of aromatic nitrogens is 2. The Hall–Kier alpha value is -4.35. The van der Waals surface area contributed by atoms with Gasteiger partial charge >= 0.3 is 5.97 Å². The van der Waals surface area contributed by atoms with E-state index in [9.17, 15) is 9.59 Å². The molecule has 0 aliphatic heterocycles. The van der Waals surface area contributed by atoms with Gasteiger partial charge in [-0.3, -0.25) is 4.79 Å². The van der Waals surface area contributed by atoms with Gasteiger partial charge in [-0.05, 0) is 62.5 Å². The van der Waals surface area contributed by atoms with Crippen molar-refractivity contribution in [3.05, 3.63) is 58.4 Å². The number of anilines is 2. The molecule has 0 bridgehead atoms. The minimum absolute atomic E-state index is 0.0507. The van der Waals surface area contributed by atoms with Gasteiger partial charge in [-0.2, -0.15) is 0 Å². The van der Waals surface area contributed by atoms with Crippen molar-refractivity contribution in [2.75, 3.05) is 45.0 Å². The monoisotopic (exact) mass is 494 g/mol. The van der Waals surface area contributed by atoms with Crippen LogP contribution in [0.1, 0.15) is 12.5 Å². The van der Waals surface area contributed by atoms with E-state index in [1.807, 2.05) is 44.1 Å². The molecule has 0 spiro atoms. The lowest BCUT2D eigenvalue weighted by molar-refractivity contribution is -0.131. The number of aliphatic carboxylic acids is 1. The number of rotatable bonds is 11. The van der Waals surface area contributed by atoms with E-state index in [-0.39, 0.29) is 17.3 Å². The highest BCUT2D eigenvalue weighted by molar-refractivity contribution is 5.86. The third-order valence-corrected chi connectivity index (χ3v) is 5.16. The van der Waals surface area contributed by atoms with Crippen molar-refractivity contribution in [1.82, 2.24) is 14.9 Å². The van der Waals surface area contributed by atoms with Gasteiger partial charge in [0.05, 0.1) is 12.2 Å². The number of nitrogen functional groups attached to an aromatic ring is 2. The van der Waals surface area contributed by atoms with Gasteiger partial charge in [0.2, 0.25) is 0 Å². The molecule has 3 aromatic rings. The summed E-state index contributed by atoms with van der Waals surface area (Å²) in [6.07, 6.45) is 2.59. The number of nitrogens with zero attached hydrogens (tertiary/aromatic N) is 2. The van der Waals surface area contributed by atoms with Crippen LogP contribution < -0.4 is 32.0 Å². The zero-order valence-corrected chi connectivity index (χ0v) is 20.4. The highest BCUT2D eigenvalue weighted by atomic mass is 16.5. The van der Waals surface area contributed by atoms with E-state index >= 15 is 0 Å². The SMILES string of the molecule is CCOc1cc(-c2cc(/C=C/C(=O)O)ccc2OCCN(C)C)ccc1-c1nc(NN)c(N)c(=O)[nH]1. The molecule has 0 unspecified atom stereocenters. The molecule has 3 rings (SSSR count). The van der Waals surface area contributed by atoms with E-state index < -0.39 is 11.5 Å². The summed E-state index contributed by atoms with van der Waals surface area (Å²) in [5.74, 6) is 5.81. The summed E-state index contributed by atoms with van der Waals surface area (Å²) < 4.78 is 11.9. The van der Waals surface area contributed by atoms with Crippen LogP contribution in [0.25, 0.3) is 28.6 Å². The molecule has 1 aromatic heterocycles. The molecule has 1 heterocycles. The van der Waals surface area contributed by atoms with E-state index in [1.54, 1.807) is 18.2 Å². The Balaban J connectivity index is 2.12. The van der Waals surface area contributed by atoms with Crippen molar-refractivity contribution in [1.29, 1.82) is 0 Å². The van der Waals surface area contributed by atoms with Crippen molar-refractivity contribution in [2.24, 2.45) is 5.84 Å². The normalized spacial score (nSPS) is 11.1. The molecule has 11 heteroatoms. The van der Waals surface area contributed by atoms with Crippen molar-refractivity contribution in [3.8, 4) is 34.0 Å². The number of aromatic amines is 1. The number of benzene rings is 2. The molecule has 0 saturated carbocycles. The molecule has 0 aliphatic carbocycles. The minimum atomic E-state index is -1.04. The Bertz CT molecular complexity index is 1320. The topological polar surface area (TPSA) is 169 Å². The number of nitrogens with two attached hydrogens (primary N) is 2. The van der Waals surface area contributed by atoms with Crippen LogP contribution in [0.2, 0.25) is 0 Å². The molecule has 11 nitrogen and oxygen atoms in total. The highest BCUT2D eigenvalue weighted by Crippen LogP contribution is 2.37. The number of ether oxygens (including phenoxy) is 2. The predicted molar refractivity (Wildman–Crippen MR) is 140 cm³/mol. The van der Waals surface area contributed by atoms with Gasteiger partial charge in [0, 0.05) is 18.2 Å². The summed E-state index contributed by atoms with van der Waals surface area (Å²) >= 11 is 0. The predicted octanol–water partition coefficient (Wildman–Crippen LogP) is 2.41. The highest BCUT2D eigenvalue weighted by Gasteiger charge is 2.16. The number of hydrogen-bond donors (Lipinski definition) is 5. The van der Waals surface area contributed by atoms with Crippen molar-refractivity contribution < 1.29 is 19.4 Å². The molecule has 0 amide bonds. The lowest BCUT2D eigenvalue weighted by Crippen LogP contribution is -2.20. The number of hydrazine groups is 1. The molecule has 2 aromatic carbocycles. The standard InChI is InChI=1S/C25H30N6O5/c1-4-35-20-14-16(7-8-17(20)23-28-24(30-27)22(26)25(34)29-23)18-13-15(6-10-21(32)33)5-9-19(18)36-12-11-31(2)3/h5-10,13-14H,4,11-12,26-27H2,1-3H3,(H,32,33)(H2,28,29,30,34)/b10-6+. The average Bonchev–Trinajstić information content (AvgIpc) is 2.84. The summed E-state index contributed by atoms with van der Waals surface area (Å²) in [4.78, 5) is 32.2. The average molecular weight is 495 g/mol. The van der Waals surface area contributed by atoms with E-state index in [2.05, 4.69) is 15.4 Å². The van der Waals surface area contributed by atoms with Gasteiger partial charge in [0.15, 0.2) is 5.82 Å². The lowest BCUT2D eigenvalue weighted by Gasteiger charge is -2.17. The molecular weight excluding hydrogens is 464 g/mol. The molecular formula is C25H30N6O5. The second-order valence-corrected chi connectivity index (χ2v) is 8.04. The first-order chi connectivity index (χ1) is 17.2. The third-order valence-electron chi connectivity index (χ3n) is 5.16. The van der Waals surface area contributed by atoms with Crippen molar-refractivity contribution in [3.63, 3.8) is 0 Å². The number of hydrogen-bond acceptors (Lipinski definition) is 9. The van der Waals surface area contributed by atoms with Crippen LogP contribution in [0.3, 0.4) is 0 Å². The molecule has 0 saturated heterocycles. The molecule has 36 heavy (non-hydrogen) atoms. The quantitative estimate of drug-likeness (QED) is 0.152. The van der Waals surface area contributed by atoms with Gasteiger partial charge < -0.3 is 35.6 Å². The first-order valence-corrected chi connectivity index (χ1v) is 11.2. The number of H-pyrrole nitrogens is 1. The molecule has 0 aliphatic rings. The number of carboxylic acid groups (broad SMARTS) is 1. The Morgan fingerprint density at radius 1 is 1.17 bits per heavy atom. The first kappa shape index (κ1) is 26.3. The Morgan fingerprint density at radius 2 is 1.94 bits per heavy atom. The fraction of sp³-hybridized carbons (Fsp3) is 0.240. The van der Waals surface area contributed by atoms with Crippen LogP contribution in [0.15, 0.2) is 47.3 Å². The molecule has 0 fully saturated rings. The number of carboxylic acids is 1. The van der Waals surface area contributed by atoms with Gasteiger partial charge in [-0.1, -0.05) is 12.1 Å². The van der Waals surface area contributed by atoms with Crippen molar-refractivity contribution in [2.45, 2.75) is 6.92 Å². The lowest BCUT2D eigenvalue weighted by atomic mass is 9.99. The Kier molecular flexibility index (Phi) is 8.66. The third kappa shape index (κ3) is 6.40. The number of carbonyl (C=O) groups is 1. The van der Waals surface area contributed by atoms with Crippen molar-refractivity contribution >= 4 is 23.6 Å². The maximum absolute atomic E-state index is 12.3. The molecule has 190 valence electrons. The van der Waals surface area contributed by atoms with Gasteiger partial charge in [0.25, 0.3) is 5.56 Å². The summed E-state index contributed by atoms with van der Waals surface area (Å²) in [7, 11) is 3.91. The summed E-state index contributed by atoms with van der Waals surface area (Å²) in [5.41, 5.74) is 10.1. The fourth-order valence-electron chi connectivity index (χ4n) is 3.39. The minimum Gasteiger partial charge on any atom is -0.493 e. The number of likely N-dealkylation sites (N-methyl/N-ethyl adjacent to an activating group) is 1. The van der Waals surface area contributed by atoms with Gasteiger partial charge in [0.1, 0.15) is 29.6 Å². The van der Waals surface area contributed by atoms with Crippen LogP contribution in [-0.4, -0.2) is 59.8 Å². The zero-order chi connectivity index (χ0) is 26.2. The smallest absolute Gasteiger partial charge is 0.328 e.